The van der Waals surface area contributed by atoms with Crippen LogP contribution in [-0.2, 0) is 15.7 Å². The molecule has 0 unspecified atom stereocenters. The lowest BCUT2D eigenvalue weighted by Crippen LogP contribution is -2.09. The highest BCUT2D eigenvalue weighted by Gasteiger charge is 2.10. The van der Waals surface area contributed by atoms with Crippen LogP contribution >= 0.6 is 0 Å². The average Bonchev–Trinajstić information content (AvgIpc) is 2.28. The molecule has 0 saturated heterocycles. The van der Waals surface area contributed by atoms with Gasteiger partial charge in [-0.1, -0.05) is 6.08 Å². The maximum atomic E-state index is 11.5. The fourth-order valence-corrected chi connectivity index (χ4v) is 1.77. The summed E-state index contributed by atoms with van der Waals surface area (Å²) < 4.78 is 5.20. The number of hydrogen-bond donors (Lipinski definition) is 0. The second-order valence-electron chi connectivity index (χ2n) is 3.65. The maximum absolute atomic E-state index is 11.5. The summed E-state index contributed by atoms with van der Waals surface area (Å²) in [6.07, 6.45) is 6.06. The molecule has 0 aliphatic carbocycles. The zero-order valence-corrected chi connectivity index (χ0v) is 10.9. The SMILES string of the molecule is CC=C(C)C(=O)Oc1ccc([S+](C)C)cc1. The molecule has 0 fully saturated rings. The molecule has 0 bridgehead atoms. The highest BCUT2D eigenvalue weighted by atomic mass is 32.2. The Labute approximate surface area is 99.7 Å². The number of hydrogen-bond acceptors (Lipinski definition) is 2. The van der Waals surface area contributed by atoms with Gasteiger partial charge in [-0.3, -0.25) is 0 Å². The van der Waals surface area contributed by atoms with E-state index in [1.54, 1.807) is 13.0 Å². The van der Waals surface area contributed by atoms with Gasteiger partial charge in [0.05, 0.1) is 0 Å². The van der Waals surface area contributed by atoms with Crippen LogP contribution in [0.25, 0.3) is 0 Å². The first-order valence-corrected chi connectivity index (χ1v) is 7.11. The molecule has 0 aliphatic rings. The predicted octanol–water partition coefficient (Wildman–Crippen LogP) is 2.80. The first kappa shape index (κ1) is 12.8. The summed E-state index contributed by atoms with van der Waals surface area (Å²) in [4.78, 5) is 12.7. The van der Waals surface area contributed by atoms with Crippen LogP contribution in [0.2, 0.25) is 0 Å². The van der Waals surface area contributed by atoms with Crippen LogP contribution in [0, 0.1) is 0 Å². The quantitative estimate of drug-likeness (QED) is 0.350. The monoisotopic (exact) mass is 237 g/mol. The van der Waals surface area contributed by atoms with Crippen LogP contribution in [0.4, 0.5) is 0 Å². The standard InChI is InChI=1S/C13H17O2S/c1-5-10(2)13(14)15-11-6-8-12(9-7-11)16(3)4/h5-9H,1-4H3/q+1. The third-order valence-electron chi connectivity index (χ3n) is 2.26. The Hall–Kier alpha value is -1.22. The molecule has 0 amide bonds. The van der Waals surface area contributed by atoms with Crippen molar-refractivity contribution in [2.45, 2.75) is 18.7 Å². The van der Waals surface area contributed by atoms with Crippen molar-refractivity contribution in [3.63, 3.8) is 0 Å². The fraction of sp³-hybridized carbons (Fsp3) is 0.308. The molecule has 0 atom stereocenters. The lowest BCUT2D eigenvalue weighted by atomic mass is 10.3. The topological polar surface area (TPSA) is 26.3 Å². The minimum atomic E-state index is -0.290. The van der Waals surface area contributed by atoms with Crippen LogP contribution < -0.4 is 4.74 Å². The van der Waals surface area contributed by atoms with E-state index in [9.17, 15) is 4.79 Å². The number of esters is 1. The summed E-state index contributed by atoms with van der Waals surface area (Å²) in [6.45, 7) is 3.56. The van der Waals surface area contributed by atoms with Crippen LogP contribution in [0.1, 0.15) is 13.8 Å². The molecular formula is C13H17O2S+. The van der Waals surface area contributed by atoms with Gasteiger partial charge in [-0.2, -0.15) is 0 Å². The van der Waals surface area contributed by atoms with Gasteiger partial charge in [0.2, 0.25) is 0 Å². The van der Waals surface area contributed by atoms with Crippen molar-refractivity contribution in [3.05, 3.63) is 35.9 Å². The van der Waals surface area contributed by atoms with E-state index in [2.05, 4.69) is 12.5 Å². The highest BCUT2D eigenvalue weighted by Crippen LogP contribution is 2.16. The van der Waals surface area contributed by atoms with E-state index in [1.165, 1.54) is 4.90 Å². The van der Waals surface area contributed by atoms with Gasteiger partial charge < -0.3 is 4.74 Å². The Morgan fingerprint density at radius 2 is 1.81 bits per heavy atom. The number of carbonyl (C=O) groups is 1. The van der Waals surface area contributed by atoms with Crippen molar-refractivity contribution < 1.29 is 9.53 Å². The van der Waals surface area contributed by atoms with E-state index in [0.717, 1.165) is 0 Å². The van der Waals surface area contributed by atoms with Crippen molar-refractivity contribution in [3.8, 4) is 5.75 Å². The minimum Gasteiger partial charge on any atom is -0.423 e. The Morgan fingerprint density at radius 3 is 2.25 bits per heavy atom. The van der Waals surface area contributed by atoms with Gasteiger partial charge in [-0.15, -0.1) is 0 Å². The van der Waals surface area contributed by atoms with Gasteiger partial charge in [-0.25, -0.2) is 4.79 Å². The van der Waals surface area contributed by atoms with E-state index in [1.807, 2.05) is 31.2 Å². The van der Waals surface area contributed by atoms with Crippen molar-refractivity contribution >= 4 is 16.9 Å². The van der Waals surface area contributed by atoms with Crippen LogP contribution in [0.3, 0.4) is 0 Å². The lowest BCUT2D eigenvalue weighted by Gasteiger charge is -2.04. The molecule has 0 aliphatic heterocycles. The van der Waals surface area contributed by atoms with Crippen molar-refractivity contribution in [1.82, 2.24) is 0 Å². The van der Waals surface area contributed by atoms with Gasteiger partial charge >= 0.3 is 5.97 Å². The van der Waals surface area contributed by atoms with Gasteiger partial charge in [0.1, 0.15) is 18.3 Å². The van der Waals surface area contributed by atoms with Gasteiger partial charge in [0.15, 0.2) is 4.90 Å². The Morgan fingerprint density at radius 1 is 1.25 bits per heavy atom. The summed E-state index contributed by atoms with van der Waals surface area (Å²) in [6, 6.07) is 7.67. The van der Waals surface area contributed by atoms with Crippen molar-refractivity contribution in [2.24, 2.45) is 0 Å². The van der Waals surface area contributed by atoms with E-state index in [-0.39, 0.29) is 16.9 Å². The number of ether oxygens (including phenoxy) is 1. The van der Waals surface area contributed by atoms with Gasteiger partial charge in [-0.05, 0) is 38.1 Å². The molecule has 0 aromatic heterocycles. The zero-order chi connectivity index (χ0) is 12.1. The number of carbonyl (C=O) groups excluding carboxylic acids is 1. The Bertz CT molecular complexity index is 391. The third kappa shape index (κ3) is 3.42. The smallest absolute Gasteiger partial charge is 0.338 e. The van der Waals surface area contributed by atoms with Crippen LogP contribution in [0.15, 0.2) is 40.8 Å². The van der Waals surface area contributed by atoms with E-state index in [4.69, 9.17) is 4.74 Å². The first-order valence-electron chi connectivity index (χ1n) is 5.07. The van der Waals surface area contributed by atoms with Crippen molar-refractivity contribution in [1.29, 1.82) is 0 Å². The molecule has 2 nitrogen and oxygen atoms in total. The summed E-state index contributed by atoms with van der Waals surface area (Å²) in [5, 5.41) is 0. The van der Waals surface area contributed by atoms with E-state index < -0.39 is 0 Å². The minimum absolute atomic E-state index is 0.238. The molecule has 1 rings (SSSR count). The largest absolute Gasteiger partial charge is 0.423 e. The number of benzene rings is 1. The molecule has 0 radical (unpaired) electrons. The van der Waals surface area contributed by atoms with Gasteiger partial charge in [0, 0.05) is 16.5 Å². The Balaban J connectivity index is 2.73. The zero-order valence-electron chi connectivity index (χ0n) is 10.1. The molecular weight excluding hydrogens is 220 g/mol. The van der Waals surface area contributed by atoms with Gasteiger partial charge in [0.25, 0.3) is 0 Å². The Kier molecular flexibility index (Phi) is 4.62. The molecule has 0 spiro atoms. The molecule has 16 heavy (non-hydrogen) atoms. The second kappa shape index (κ2) is 5.75. The average molecular weight is 237 g/mol. The fourth-order valence-electron chi connectivity index (χ4n) is 1.09. The molecule has 1 aromatic rings. The predicted molar refractivity (Wildman–Crippen MR) is 69.0 cm³/mol. The second-order valence-corrected chi connectivity index (χ2v) is 5.75. The van der Waals surface area contributed by atoms with E-state index in [0.29, 0.717) is 11.3 Å². The van der Waals surface area contributed by atoms with Crippen LogP contribution in [-0.4, -0.2) is 18.5 Å². The summed E-state index contributed by atoms with van der Waals surface area (Å²) in [7, 11) is 0.238. The van der Waals surface area contributed by atoms with E-state index >= 15 is 0 Å². The molecule has 0 N–H and O–H groups in total. The third-order valence-corrected chi connectivity index (χ3v) is 3.48. The number of rotatable bonds is 3. The molecule has 0 saturated carbocycles. The highest BCUT2D eigenvalue weighted by molar-refractivity contribution is 7.95. The molecule has 1 aromatic carbocycles. The first-order chi connectivity index (χ1) is 7.54. The van der Waals surface area contributed by atoms with Crippen LogP contribution in [0.5, 0.6) is 5.75 Å². The summed E-state index contributed by atoms with van der Waals surface area (Å²) in [5.41, 5.74) is 0.620. The number of allylic oxidation sites excluding steroid dienone is 1. The summed E-state index contributed by atoms with van der Waals surface area (Å²) in [5.74, 6) is 0.308. The summed E-state index contributed by atoms with van der Waals surface area (Å²) >= 11 is 0. The van der Waals surface area contributed by atoms with Crippen molar-refractivity contribution in [2.75, 3.05) is 12.5 Å². The maximum Gasteiger partial charge on any atom is 0.338 e. The lowest BCUT2D eigenvalue weighted by molar-refractivity contribution is -0.130. The molecule has 0 heterocycles. The molecule has 3 heteroatoms. The molecule has 86 valence electrons. The normalized spacial score (nSPS) is 11.7.